The molecule has 146 valence electrons. The van der Waals surface area contributed by atoms with Gasteiger partial charge in [0.25, 0.3) is 0 Å². The number of aromatic amines is 1. The van der Waals surface area contributed by atoms with Crippen molar-refractivity contribution in [2.45, 2.75) is 11.7 Å². The van der Waals surface area contributed by atoms with Crippen LogP contribution in [0.15, 0.2) is 53.0 Å². The first-order chi connectivity index (χ1) is 13.7. The molecule has 0 atom stereocenters. The molecule has 0 unspecified atom stereocenters. The van der Waals surface area contributed by atoms with Crippen molar-refractivity contribution >= 4 is 41.2 Å². The molecule has 1 aromatic carbocycles. The summed E-state index contributed by atoms with van der Waals surface area (Å²) in [4.78, 5) is 20.0. The van der Waals surface area contributed by atoms with Crippen LogP contribution < -0.4 is 0 Å². The lowest BCUT2D eigenvalue weighted by molar-refractivity contribution is -0.129. The fourth-order valence-corrected chi connectivity index (χ4v) is 3.79. The zero-order valence-electron chi connectivity index (χ0n) is 15.6. The van der Waals surface area contributed by atoms with E-state index in [2.05, 4.69) is 15.2 Å². The first-order valence-corrected chi connectivity index (χ1v) is 10.7. The van der Waals surface area contributed by atoms with Crippen LogP contribution in [0.3, 0.4) is 0 Å². The minimum absolute atomic E-state index is 0.0337. The van der Waals surface area contributed by atoms with Crippen LogP contribution in [0.5, 0.6) is 0 Å². The molecular formula is C20H22N4O2S2. The van der Waals surface area contributed by atoms with Crippen LogP contribution in [0.1, 0.15) is 16.3 Å². The molecule has 2 aromatic heterocycles. The molecule has 1 N–H and O–H groups in total. The van der Waals surface area contributed by atoms with Crippen molar-refractivity contribution in [3.8, 4) is 0 Å². The van der Waals surface area contributed by atoms with Crippen molar-refractivity contribution in [2.75, 3.05) is 26.0 Å². The van der Waals surface area contributed by atoms with E-state index >= 15 is 0 Å². The molecule has 0 fully saturated rings. The number of thiophene rings is 1. The summed E-state index contributed by atoms with van der Waals surface area (Å²) >= 11 is 2.99. The van der Waals surface area contributed by atoms with E-state index in [-0.39, 0.29) is 11.7 Å². The van der Waals surface area contributed by atoms with E-state index in [0.717, 1.165) is 10.4 Å². The van der Waals surface area contributed by atoms with E-state index in [0.29, 0.717) is 30.7 Å². The summed E-state index contributed by atoms with van der Waals surface area (Å²) in [6, 6.07) is 14.0. The largest absolute Gasteiger partial charge is 0.383 e. The number of aromatic nitrogens is 3. The number of amides is 1. The number of methoxy groups -OCH3 is 1. The van der Waals surface area contributed by atoms with E-state index in [9.17, 15) is 4.79 Å². The van der Waals surface area contributed by atoms with Gasteiger partial charge in [0, 0.05) is 25.1 Å². The summed E-state index contributed by atoms with van der Waals surface area (Å²) in [5, 5.41) is 9.65. The van der Waals surface area contributed by atoms with Gasteiger partial charge in [0.15, 0.2) is 0 Å². The minimum Gasteiger partial charge on any atom is -0.383 e. The van der Waals surface area contributed by atoms with Crippen molar-refractivity contribution in [3.05, 3.63) is 64.1 Å². The van der Waals surface area contributed by atoms with Crippen LogP contribution in [0.25, 0.3) is 12.2 Å². The number of H-pyrrole nitrogens is 1. The fourth-order valence-electron chi connectivity index (χ4n) is 2.46. The zero-order chi connectivity index (χ0) is 19.6. The quantitative estimate of drug-likeness (QED) is 0.511. The molecule has 3 aromatic rings. The number of nitrogens with zero attached hydrogens (tertiary/aromatic N) is 3. The Kier molecular flexibility index (Phi) is 7.83. The van der Waals surface area contributed by atoms with E-state index in [1.807, 2.05) is 60.0 Å². The number of hydrogen-bond acceptors (Lipinski definition) is 6. The van der Waals surface area contributed by atoms with Gasteiger partial charge in [-0.3, -0.25) is 9.89 Å². The molecule has 8 heteroatoms. The zero-order valence-corrected chi connectivity index (χ0v) is 17.2. The third-order valence-corrected chi connectivity index (χ3v) is 5.56. The van der Waals surface area contributed by atoms with E-state index < -0.39 is 0 Å². The van der Waals surface area contributed by atoms with Crippen molar-refractivity contribution in [1.82, 2.24) is 20.1 Å². The summed E-state index contributed by atoms with van der Waals surface area (Å²) in [6.45, 7) is 1.61. The molecule has 0 aliphatic carbocycles. The van der Waals surface area contributed by atoms with Gasteiger partial charge >= 0.3 is 0 Å². The number of rotatable bonds is 10. The molecule has 0 aliphatic heterocycles. The molecule has 3 rings (SSSR count). The van der Waals surface area contributed by atoms with Gasteiger partial charge in [-0.05, 0) is 29.2 Å². The highest BCUT2D eigenvalue weighted by Crippen LogP contribution is 2.16. The van der Waals surface area contributed by atoms with Gasteiger partial charge in [0.05, 0.1) is 12.4 Å². The molecule has 0 aliphatic rings. The van der Waals surface area contributed by atoms with Crippen molar-refractivity contribution in [2.24, 2.45) is 0 Å². The monoisotopic (exact) mass is 414 g/mol. The van der Waals surface area contributed by atoms with Crippen LogP contribution in [0, 0.1) is 0 Å². The average molecular weight is 415 g/mol. The maximum absolute atomic E-state index is 12.7. The Morgan fingerprint density at radius 3 is 2.86 bits per heavy atom. The predicted octanol–water partition coefficient (Wildman–Crippen LogP) is 3.80. The lowest BCUT2D eigenvalue weighted by Gasteiger charge is -2.22. The Morgan fingerprint density at radius 1 is 1.25 bits per heavy atom. The number of thioether (sulfide) groups is 1. The molecule has 0 spiro atoms. The summed E-state index contributed by atoms with van der Waals surface area (Å²) in [7, 11) is 1.64. The van der Waals surface area contributed by atoms with Gasteiger partial charge in [-0.2, -0.15) is 0 Å². The Hall–Kier alpha value is -2.42. The lowest BCUT2D eigenvalue weighted by Crippen LogP contribution is -2.34. The third kappa shape index (κ3) is 6.33. The van der Waals surface area contributed by atoms with Crippen molar-refractivity contribution in [1.29, 1.82) is 0 Å². The van der Waals surface area contributed by atoms with Gasteiger partial charge < -0.3 is 9.64 Å². The summed E-state index contributed by atoms with van der Waals surface area (Å²) < 4.78 is 5.15. The van der Waals surface area contributed by atoms with E-state index in [4.69, 9.17) is 4.74 Å². The van der Waals surface area contributed by atoms with Gasteiger partial charge in [0.2, 0.25) is 11.1 Å². The Bertz CT molecular complexity index is 879. The van der Waals surface area contributed by atoms with E-state index in [1.54, 1.807) is 23.3 Å². The van der Waals surface area contributed by atoms with Crippen molar-refractivity contribution in [3.63, 3.8) is 0 Å². The second-order valence-electron chi connectivity index (χ2n) is 5.93. The van der Waals surface area contributed by atoms with Crippen LogP contribution >= 0.6 is 23.1 Å². The maximum Gasteiger partial charge on any atom is 0.233 e. The fraction of sp³-hybridized carbons (Fsp3) is 0.250. The van der Waals surface area contributed by atoms with Gasteiger partial charge in [-0.1, -0.05) is 48.2 Å². The Morgan fingerprint density at radius 2 is 2.11 bits per heavy atom. The Labute approximate surface area is 172 Å². The van der Waals surface area contributed by atoms with Crippen LogP contribution in [-0.2, 0) is 16.1 Å². The molecule has 6 nitrogen and oxygen atoms in total. The van der Waals surface area contributed by atoms with Crippen LogP contribution in [-0.4, -0.2) is 52.0 Å². The molecule has 28 heavy (non-hydrogen) atoms. The molecular weight excluding hydrogens is 392 g/mol. The first-order valence-electron chi connectivity index (χ1n) is 8.82. The topological polar surface area (TPSA) is 71.1 Å². The molecule has 1 amide bonds. The second kappa shape index (κ2) is 10.8. The van der Waals surface area contributed by atoms with Crippen molar-refractivity contribution < 1.29 is 9.53 Å². The maximum atomic E-state index is 12.7. The summed E-state index contributed by atoms with van der Waals surface area (Å²) in [5.41, 5.74) is 1.09. The lowest BCUT2D eigenvalue weighted by atomic mass is 10.2. The van der Waals surface area contributed by atoms with Crippen LogP contribution in [0.2, 0.25) is 0 Å². The minimum atomic E-state index is 0.0337. The molecule has 0 saturated heterocycles. The number of hydrogen-bond donors (Lipinski definition) is 1. The molecule has 2 heterocycles. The predicted molar refractivity (Wildman–Crippen MR) is 114 cm³/mol. The van der Waals surface area contributed by atoms with E-state index in [1.165, 1.54) is 11.8 Å². The highest BCUT2D eigenvalue weighted by molar-refractivity contribution is 7.99. The normalized spacial score (nSPS) is 11.2. The Balaban J connectivity index is 1.54. The number of carbonyl (C=O) groups is 1. The van der Waals surface area contributed by atoms with Gasteiger partial charge in [0.1, 0.15) is 5.82 Å². The van der Waals surface area contributed by atoms with Gasteiger partial charge in [-0.25, -0.2) is 4.98 Å². The average Bonchev–Trinajstić information content (AvgIpc) is 3.40. The number of nitrogens with one attached hydrogen (secondary N) is 1. The number of benzene rings is 1. The standard InChI is InChI=1S/C20H22N4O2S2/c1-26-12-11-24(14-16-6-3-2-4-7-16)19(25)15-28-20-21-18(22-23-20)10-9-17-8-5-13-27-17/h2-10,13H,11-12,14-15H2,1H3,(H,21,22,23)/b10-9+. The number of carbonyl (C=O) groups excluding carboxylic acids is 1. The highest BCUT2D eigenvalue weighted by Gasteiger charge is 2.15. The van der Waals surface area contributed by atoms with Crippen LogP contribution in [0.4, 0.5) is 0 Å². The summed E-state index contributed by atoms with van der Waals surface area (Å²) in [5.74, 6) is 0.984. The second-order valence-corrected chi connectivity index (χ2v) is 7.86. The SMILES string of the molecule is COCCN(Cc1ccccc1)C(=O)CSc1n[nH]c(/C=C/c2cccs2)n1. The number of ether oxygens (including phenoxy) is 1. The van der Waals surface area contributed by atoms with Gasteiger partial charge in [-0.15, -0.1) is 16.4 Å². The summed E-state index contributed by atoms with van der Waals surface area (Å²) in [6.07, 6.45) is 3.86. The molecule has 0 saturated carbocycles. The molecule has 0 radical (unpaired) electrons. The highest BCUT2D eigenvalue weighted by atomic mass is 32.2. The smallest absolute Gasteiger partial charge is 0.233 e. The first kappa shape index (κ1) is 20.3. The molecule has 0 bridgehead atoms. The third-order valence-electron chi connectivity index (χ3n) is 3.89.